The fourth-order valence-electron chi connectivity index (χ4n) is 2.82. The van der Waals surface area contributed by atoms with Gasteiger partial charge in [-0.25, -0.2) is 0 Å². The number of hydrogen-bond acceptors (Lipinski definition) is 1. The molecule has 0 aliphatic rings. The Kier molecular flexibility index (Phi) is 25.3. The Morgan fingerprint density at radius 1 is 0.591 bits per heavy atom. The Hall–Kier alpha value is 1.04. The van der Waals surface area contributed by atoms with Crippen LogP contribution in [0.1, 0.15) is 116 Å². The van der Waals surface area contributed by atoms with Crippen molar-refractivity contribution in [2.75, 3.05) is 0 Å². The van der Waals surface area contributed by atoms with Gasteiger partial charge in [-0.2, -0.15) is 0 Å². The van der Waals surface area contributed by atoms with Gasteiger partial charge in [0.15, 0.2) is 0 Å². The molecule has 3 heteroatoms. The Labute approximate surface area is 179 Å². The summed E-state index contributed by atoms with van der Waals surface area (Å²) in [4.78, 5) is 10.3. The third-order valence-corrected chi connectivity index (χ3v) is 4.24. The van der Waals surface area contributed by atoms with Gasteiger partial charge >= 0.3 is 54.9 Å². The zero-order chi connectivity index (χ0) is 15.6. The number of carbonyl (C=O) groups is 1. The van der Waals surface area contributed by atoms with E-state index in [1.807, 2.05) is 0 Å². The molecule has 0 heterocycles. The van der Waals surface area contributed by atoms with Crippen LogP contribution in [0.15, 0.2) is 0 Å². The second-order valence-electron chi connectivity index (χ2n) is 6.45. The average Bonchev–Trinajstić information content (AvgIpc) is 2.46. The first-order chi connectivity index (χ1) is 10.3. The minimum atomic E-state index is -0.652. The summed E-state index contributed by atoms with van der Waals surface area (Å²) in [5, 5.41) is 8.53. The molecule has 0 unspecified atom stereocenters. The Balaban J connectivity index is 0. The molecule has 0 saturated heterocycles. The van der Waals surface area contributed by atoms with Gasteiger partial charge < -0.3 is 5.11 Å². The average molecular weight is 438 g/mol. The van der Waals surface area contributed by atoms with Crippen molar-refractivity contribution in [1.82, 2.24) is 0 Å². The Morgan fingerprint density at radius 3 is 1.14 bits per heavy atom. The Morgan fingerprint density at radius 2 is 0.864 bits per heavy atom. The molecule has 0 aliphatic heterocycles. The summed E-state index contributed by atoms with van der Waals surface area (Å²) in [7, 11) is 0. The van der Waals surface area contributed by atoms with E-state index in [1.54, 1.807) is 0 Å². The van der Waals surface area contributed by atoms with Gasteiger partial charge in [0.2, 0.25) is 0 Å². The van der Waals surface area contributed by atoms with E-state index in [-0.39, 0.29) is 48.9 Å². The van der Waals surface area contributed by atoms with E-state index in [1.165, 1.54) is 89.9 Å². The summed E-state index contributed by atoms with van der Waals surface area (Å²) in [6.07, 6.45) is 21.7. The molecule has 0 atom stereocenters. The summed E-state index contributed by atoms with van der Waals surface area (Å²) in [5.41, 5.74) is 0. The Bertz CT molecular complexity index is 219. The van der Waals surface area contributed by atoms with Gasteiger partial charge in [0.05, 0.1) is 0 Å². The number of rotatable bonds is 17. The monoisotopic (exact) mass is 438 g/mol. The second-order valence-corrected chi connectivity index (χ2v) is 6.45. The molecule has 0 rings (SSSR count). The molecule has 0 amide bonds. The molecule has 0 aromatic rings. The summed E-state index contributed by atoms with van der Waals surface area (Å²) in [5.74, 6) is -0.652. The van der Waals surface area contributed by atoms with Gasteiger partial charge in [0.1, 0.15) is 0 Å². The fraction of sp³-hybridized carbons (Fsp3) is 0.947. The predicted molar refractivity (Wildman–Crippen MR) is 100 cm³/mol. The molecule has 0 aliphatic carbocycles. The number of unbranched alkanes of at least 4 members (excludes halogenated alkanes) is 15. The van der Waals surface area contributed by atoms with E-state index < -0.39 is 5.97 Å². The van der Waals surface area contributed by atoms with E-state index in [0.717, 1.165) is 12.8 Å². The van der Waals surface area contributed by atoms with Crippen LogP contribution in [0.25, 0.3) is 0 Å². The zero-order valence-electron chi connectivity index (χ0n) is 14.4. The molecule has 1 N–H and O–H groups in total. The van der Waals surface area contributed by atoms with Gasteiger partial charge in [-0.05, 0) is 6.42 Å². The molecule has 0 spiro atoms. The number of hydrogen-bond donors (Lipinski definition) is 1. The first kappa shape index (κ1) is 25.3. The van der Waals surface area contributed by atoms with Crippen LogP contribution < -0.4 is 0 Å². The fourth-order valence-corrected chi connectivity index (χ4v) is 2.82. The van der Waals surface area contributed by atoms with Crippen molar-refractivity contribution in [3.8, 4) is 0 Å². The van der Waals surface area contributed by atoms with E-state index >= 15 is 0 Å². The normalized spacial score (nSPS) is 10.4. The van der Waals surface area contributed by atoms with Crippen LogP contribution in [-0.2, 0) is 4.79 Å². The van der Waals surface area contributed by atoms with Crippen LogP contribution in [0.3, 0.4) is 0 Å². The number of aliphatic carboxylic acids is 1. The summed E-state index contributed by atoms with van der Waals surface area (Å²) in [6, 6.07) is 0. The van der Waals surface area contributed by atoms with Gasteiger partial charge in [0, 0.05) is 6.42 Å². The maximum atomic E-state index is 10.3. The molecule has 0 aromatic heterocycles. The summed E-state index contributed by atoms with van der Waals surface area (Å²) >= 11 is 0. The van der Waals surface area contributed by atoms with Crippen LogP contribution in [-0.4, -0.2) is 60.0 Å². The van der Waals surface area contributed by atoms with Gasteiger partial charge in [0.25, 0.3) is 0 Å². The van der Waals surface area contributed by atoms with Gasteiger partial charge in [-0.3, -0.25) is 4.79 Å². The van der Waals surface area contributed by atoms with Crippen LogP contribution in [0, 0.1) is 0 Å². The number of carboxylic acid groups (broad SMARTS) is 1. The summed E-state index contributed by atoms with van der Waals surface area (Å²) < 4.78 is 0. The van der Waals surface area contributed by atoms with Crippen molar-refractivity contribution in [2.45, 2.75) is 116 Å². The van der Waals surface area contributed by atoms with Crippen molar-refractivity contribution in [2.24, 2.45) is 0 Å². The third-order valence-electron chi connectivity index (χ3n) is 4.24. The zero-order valence-corrected chi connectivity index (χ0v) is 14.4. The first-order valence-electron chi connectivity index (χ1n) is 9.49. The van der Waals surface area contributed by atoms with Crippen LogP contribution >= 0.6 is 0 Å². The van der Waals surface area contributed by atoms with Crippen LogP contribution in [0.4, 0.5) is 0 Å². The van der Waals surface area contributed by atoms with Crippen molar-refractivity contribution >= 4 is 54.9 Å². The van der Waals surface area contributed by atoms with Crippen molar-refractivity contribution < 1.29 is 9.90 Å². The minimum absolute atomic E-state index is 0. The van der Waals surface area contributed by atoms with E-state index in [4.69, 9.17) is 5.11 Å². The molecule has 0 fully saturated rings. The third kappa shape index (κ3) is 23.3. The molecule has 130 valence electrons. The molecule has 0 aromatic carbocycles. The quantitative estimate of drug-likeness (QED) is 0.230. The summed E-state index contributed by atoms with van der Waals surface area (Å²) in [6.45, 7) is 2.27. The van der Waals surface area contributed by atoms with E-state index in [2.05, 4.69) is 6.92 Å². The van der Waals surface area contributed by atoms with Gasteiger partial charge in [-0.15, -0.1) is 0 Å². The van der Waals surface area contributed by atoms with Crippen molar-refractivity contribution in [3.05, 3.63) is 0 Å². The molecule has 22 heavy (non-hydrogen) atoms. The topological polar surface area (TPSA) is 37.3 Å². The molecule has 0 bridgehead atoms. The van der Waals surface area contributed by atoms with E-state index in [9.17, 15) is 4.79 Å². The molecule has 0 radical (unpaired) electrons. The van der Waals surface area contributed by atoms with Gasteiger partial charge in [-0.1, -0.05) is 103 Å². The molecule has 0 saturated carbocycles. The SMILES string of the molecule is CCCCCCCCCCCCCCCCCCC(=O)O.[BaH2]. The van der Waals surface area contributed by atoms with Crippen molar-refractivity contribution in [1.29, 1.82) is 0 Å². The predicted octanol–water partition coefficient (Wildman–Crippen LogP) is 5.81. The van der Waals surface area contributed by atoms with E-state index in [0.29, 0.717) is 6.42 Å². The van der Waals surface area contributed by atoms with Crippen molar-refractivity contribution in [3.63, 3.8) is 0 Å². The standard InChI is InChI=1S/C19H38O2.Ba.2H/c1-2-3-4-5-6-7-8-9-10-11-12-13-14-15-16-17-18-19(20)21;;;/h2-18H2,1H3,(H,20,21);;;. The molecular formula is C19H40BaO2. The maximum absolute atomic E-state index is 10.3. The first-order valence-corrected chi connectivity index (χ1v) is 9.49. The van der Waals surface area contributed by atoms with Crippen LogP contribution in [0.5, 0.6) is 0 Å². The second kappa shape index (κ2) is 22.0. The number of carboxylic acids is 1. The van der Waals surface area contributed by atoms with Crippen LogP contribution in [0.2, 0.25) is 0 Å². The molecule has 2 nitrogen and oxygen atoms in total. The molecular weight excluding hydrogens is 398 g/mol.